The monoisotopic (exact) mass is 315 g/mol. The number of nitrogens with zero attached hydrogens (tertiary/aromatic N) is 1. The number of rotatable bonds is 3. The quantitative estimate of drug-likeness (QED) is 0.942. The Kier molecular flexibility index (Phi) is 3.98. The first-order chi connectivity index (χ1) is 10.6. The number of ether oxygens (including phenoxy) is 1. The van der Waals surface area contributed by atoms with Crippen LogP contribution < -0.4 is 9.64 Å². The van der Waals surface area contributed by atoms with Crippen molar-refractivity contribution in [3.63, 3.8) is 0 Å². The molecule has 1 atom stereocenters. The number of aryl methyl sites for hydroxylation is 1. The Morgan fingerprint density at radius 1 is 1.23 bits per heavy atom. The van der Waals surface area contributed by atoms with Crippen LogP contribution in [0.4, 0.5) is 5.69 Å². The van der Waals surface area contributed by atoms with E-state index in [4.69, 9.17) is 4.74 Å². The lowest BCUT2D eigenvalue weighted by Crippen LogP contribution is -2.27. The summed E-state index contributed by atoms with van der Waals surface area (Å²) in [6, 6.07) is 13.1. The Hall–Kier alpha value is -2.14. The molecule has 1 aliphatic heterocycles. The Bertz CT molecular complexity index is 700. The number of hydrogen-bond donors (Lipinski definition) is 1. The highest BCUT2D eigenvalue weighted by molar-refractivity contribution is 8.00. The van der Waals surface area contributed by atoms with Crippen molar-refractivity contribution in [2.45, 2.75) is 12.3 Å². The predicted molar refractivity (Wildman–Crippen MR) is 88.5 cm³/mol. The summed E-state index contributed by atoms with van der Waals surface area (Å²) in [4.78, 5) is 14.1. The van der Waals surface area contributed by atoms with Crippen molar-refractivity contribution in [1.82, 2.24) is 0 Å². The van der Waals surface area contributed by atoms with Gasteiger partial charge in [0.2, 0.25) is 5.91 Å². The largest absolute Gasteiger partial charge is 0.504 e. The molecule has 1 heterocycles. The normalized spacial score (nSPS) is 17.8. The van der Waals surface area contributed by atoms with Crippen LogP contribution in [0.25, 0.3) is 0 Å². The number of phenolic OH excluding ortho intramolecular Hbond substituents is 1. The second kappa shape index (κ2) is 5.93. The minimum absolute atomic E-state index is 0.0888. The van der Waals surface area contributed by atoms with Gasteiger partial charge in [0.1, 0.15) is 5.37 Å². The molecular weight excluding hydrogens is 298 g/mol. The minimum Gasteiger partial charge on any atom is -0.504 e. The number of aromatic hydroxyl groups is 1. The lowest BCUT2D eigenvalue weighted by molar-refractivity contribution is -0.115. The molecule has 1 unspecified atom stereocenters. The fourth-order valence-electron chi connectivity index (χ4n) is 2.50. The molecule has 0 bridgehead atoms. The van der Waals surface area contributed by atoms with Crippen LogP contribution in [-0.2, 0) is 4.79 Å². The molecule has 1 fully saturated rings. The number of benzene rings is 2. The van der Waals surface area contributed by atoms with Gasteiger partial charge in [-0.25, -0.2) is 0 Å². The van der Waals surface area contributed by atoms with Gasteiger partial charge in [0.25, 0.3) is 0 Å². The molecule has 0 radical (unpaired) electrons. The average molecular weight is 315 g/mol. The molecule has 0 spiro atoms. The van der Waals surface area contributed by atoms with Gasteiger partial charge in [-0.05, 0) is 36.8 Å². The van der Waals surface area contributed by atoms with Crippen molar-refractivity contribution in [2.75, 3.05) is 17.8 Å². The first-order valence-electron chi connectivity index (χ1n) is 6.97. The van der Waals surface area contributed by atoms with Crippen LogP contribution in [0.15, 0.2) is 42.5 Å². The van der Waals surface area contributed by atoms with Crippen LogP contribution in [0.2, 0.25) is 0 Å². The molecule has 0 aliphatic carbocycles. The molecule has 2 aromatic rings. The third-order valence-electron chi connectivity index (χ3n) is 3.67. The Labute approximate surface area is 133 Å². The van der Waals surface area contributed by atoms with Crippen LogP contribution in [0.3, 0.4) is 0 Å². The molecular formula is C17H17NO3S. The van der Waals surface area contributed by atoms with Crippen LogP contribution in [0.1, 0.15) is 16.5 Å². The summed E-state index contributed by atoms with van der Waals surface area (Å²) in [5.41, 5.74) is 2.98. The molecule has 114 valence electrons. The maximum absolute atomic E-state index is 12.3. The summed E-state index contributed by atoms with van der Waals surface area (Å²) in [5.74, 6) is 1.05. The van der Waals surface area contributed by atoms with Gasteiger partial charge in [0, 0.05) is 5.69 Å². The zero-order valence-electron chi connectivity index (χ0n) is 12.4. The lowest BCUT2D eigenvalue weighted by Gasteiger charge is -2.25. The molecule has 0 aromatic heterocycles. The number of amides is 1. The van der Waals surface area contributed by atoms with Crippen molar-refractivity contribution < 1.29 is 14.6 Å². The third-order valence-corrected chi connectivity index (χ3v) is 4.88. The fraction of sp³-hybridized carbons (Fsp3) is 0.235. The second-order valence-electron chi connectivity index (χ2n) is 5.19. The summed E-state index contributed by atoms with van der Waals surface area (Å²) in [5, 5.41) is 9.62. The fourth-order valence-corrected chi connectivity index (χ4v) is 3.67. The topological polar surface area (TPSA) is 49.8 Å². The van der Waals surface area contributed by atoms with Crippen LogP contribution in [0.5, 0.6) is 11.5 Å². The predicted octanol–water partition coefficient (Wildman–Crippen LogP) is 3.49. The molecule has 0 saturated carbocycles. The third kappa shape index (κ3) is 2.64. The van der Waals surface area contributed by atoms with Crippen molar-refractivity contribution in [3.05, 3.63) is 53.6 Å². The van der Waals surface area contributed by atoms with E-state index in [2.05, 4.69) is 0 Å². The van der Waals surface area contributed by atoms with E-state index in [0.29, 0.717) is 11.5 Å². The van der Waals surface area contributed by atoms with Crippen molar-refractivity contribution in [2.24, 2.45) is 0 Å². The zero-order valence-corrected chi connectivity index (χ0v) is 13.3. The molecule has 5 heteroatoms. The van der Waals surface area contributed by atoms with E-state index in [9.17, 15) is 9.90 Å². The highest BCUT2D eigenvalue weighted by Crippen LogP contribution is 2.43. The van der Waals surface area contributed by atoms with E-state index in [0.717, 1.165) is 16.8 Å². The molecule has 3 rings (SSSR count). The van der Waals surface area contributed by atoms with Gasteiger partial charge < -0.3 is 9.84 Å². The number of thioether (sulfide) groups is 1. The number of carbonyl (C=O) groups excluding carboxylic acids is 1. The Balaban J connectivity index is 1.98. The van der Waals surface area contributed by atoms with E-state index in [1.807, 2.05) is 37.3 Å². The van der Waals surface area contributed by atoms with Crippen LogP contribution in [-0.4, -0.2) is 23.9 Å². The molecule has 2 aromatic carbocycles. The summed E-state index contributed by atoms with van der Waals surface area (Å²) >= 11 is 1.57. The molecule has 1 amide bonds. The summed E-state index contributed by atoms with van der Waals surface area (Å²) in [6.45, 7) is 2.02. The van der Waals surface area contributed by atoms with E-state index >= 15 is 0 Å². The molecule has 1 N–H and O–H groups in total. The first-order valence-corrected chi connectivity index (χ1v) is 8.02. The van der Waals surface area contributed by atoms with Gasteiger partial charge in [0.15, 0.2) is 11.5 Å². The van der Waals surface area contributed by atoms with E-state index in [-0.39, 0.29) is 17.0 Å². The second-order valence-corrected chi connectivity index (χ2v) is 6.26. The number of phenols is 1. The molecule has 1 saturated heterocycles. The maximum atomic E-state index is 12.3. The summed E-state index contributed by atoms with van der Waals surface area (Å²) in [6.07, 6.45) is 0. The number of methoxy groups -OCH3 is 1. The minimum atomic E-state index is -0.107. The zero-order chi connectivity index (χ0) is 15.7. The standard InChI is InChI=1S/C17H17NO3S/c1-11-3-6-13(7-4-11)18-16(20)10-22-17(18)12-5-8-14(19)15(9-12)21-2/h3-9,17,19H,10H2,1-2H3. The summed E-state index contributed by atoms with van der Waals surface area (Å²) in [7, 11) is 1.52. The van der Waals surface area contributed by atoms with Crippen molar-refractivity contribution in [1.29, 1.82) is 0 Å². The number of hydrogen-bond acceptors (Lipinski definition) is 4. The maximum Gasteiger partial charge on any atom is 0.238 e. The highest BCUT2D eigenvalue weighted by Gasteiger charge is 2.34. The van der Waals surface area contributed by atoms with Gasteiger partial charge in [-0.1, -0.05) is 23.8 Å². The van der Waals surface area contributed by atoms with Gasteiger partial charge in [-0.2, -0.15) is 0 Å². The molecule has 1 aliphatic rings. The Morgan fingerprint density at radius 2 is 1.95 bits per heavy atom. The van der Waals surface area contributed by atoms with Gasteiger partial charge >= 0.3 is 0 Å². The lowest BCUT2D eigenvalue weighted by atomic mass is 10.1. The van der Waals surface area contributed by atoms with Crippen LogP contribution in [0, 0.1) is 6.92 Å². The molecule has 4 nitrogen and oxygen atoms in total. The average Bonchev–Trinajstić information content (AvgIpc) is 2.90. The Morgan fingerprint density at radius 3 is 2.64 bits per heavy atom. The smallest absolute Gasteiger partial charge is 0.238 e. The SMILES string of the molecule is COc1cc(C2SCC(=O)N2c2ccc(C)cc2)ccc1O. The van der Waals surface area contributed by atoms with E-state index in [1.54, 1.807) is 28.8 Å². The number of anilines is 1. The van der Waals surface area contributed by atoms with E-state index < -0.39 is 0 Å². The van der Waals surface area contributed by atoms with Crippen molar-refractivity contribution in [3.8, 4) is 11.5 Å². The number of carbonyl (C=O) groups is 1. The first kappa shape index (κ1) is 14.8. The molecule has 22 heavy (non-hydrogen) atoms. The highest BCUT2D eigenvalue weighted by atomic mass is 32.2. The van der Waals surface area contributed by atoms with Gasteiger partial charge in [-0.15, -0.1) is 11.8 Å². The van der Waals surface area contributed by atoms with Gasteiger partial charge in [0.05, 0.1) is 12.9 Å². The van der Waals surface area contributed by atoms with Crippen LogP contribution >= 0.6 is 11.8 Å². The summed E-state index contributed by atoms with van der Waals surface area (Å²) < 4.78 is 5.17. The van der Waals surface area contributed by atoms with E-state index in [1.165, 1.54) is 7.11 Å². The van der Waals surface area contributed by atoms with Crippen molar-refractivity contribution >= 4 is 23.4 Å². The van der Waals surface area contributed by atoms with Gasteiger partial charge in [-0.3, -0.25) is 9.69 Å².